The molecule has 1 heterocycles. The van der Waals surface area contributed by atoms with Gasteiger partial charge in [0.2, 0.25) is 0 Å². The average Bonchev–Trinajstić information content (AvgIpc) is 2.37. The molecule has 0 aliphatic carbocycles. The first-order valence-electron chi connectivity index (χ1n) is 5.80. The lowest BCUT2D eigenvalue weighted by atomic mass is 10.1. The van der Waals surface area contributed by atoms with Crippen LogP contribution in [0.3, 0.4) is 0 Å². The zero-order chi connectivity index (χ0) is 13.0. The van der Waals surface area contributed by atoms with Gasteiger partial charge < -0.3 is 5.73 Å². The topological polar surface area (TPSA) is 80.9 Å². The standard InChI is InChI=1S/C13H15N3O2/c14-11-9-16(13(18)15-12(11)17)8-4-7-10-5-2-1-3-6-10/h1-3,5-6,9H,4,7-8,14H2,(H,15,17,18). The van der Waals surface area contributed by atoms with Crippen LogP contribution in [0.4, 0.5) is 5.69 Å². The van der Waals surface area contributed by atoms with Crippen LogP contribution < -0.4 is 17.0 Å². The average molecular weight is 245 g/mol. The van der Waals surface area contributed by atoms with E-state index >= 15 is 0 Å². The molecule has 3 N–H and O–H groups in total. The third-order valence-electron chi connectivity index (χ3n) is 2.75. The summed E-state index contributed by atoms with van der Waals surface area (Å²) in [5, 5.41) is 0. The van der Waals surface area contributed by atoms with Crippen molar-refractivity contribution in [2.75, 3.05) is 5.73 Å². The number of anilines is 1. The lowest BCUT2D eigenvalue weighted by Gasteiger charge is -2.05. The third-order valence-corrected chi connectivity index (χ3v) is 2.75. The Balaban J connectivity index is 2.01. The quantitative estimate of drug-likeness (QED) is 0.834. The number of hydrogen-bond acceptors (Lipinski definition) is 3. The maximum absolute atomic E-state index is 11.5. The van der Waals surface area contributed by atoms with Crippen LogP contribution in [0.15, 0.2) is 46.1 Å². The Morgan fingerprint density at radius 2 is 1.89 bits per heavy atom. The summed E-state index contributed by atoms with van der Waals surface area (Å²) in [6.07, 6.45) is 3.09. The normalized spacial score (nSPS) is 10.4. The van der Waals surface area contributed by atoms with E-state index in [2.05, 4.69) is 4.98 Å². The minimum atomic E-state index is -0.528. The highest BCUT2D eigenvalue weighted by Gasteiger charge is 2.01. The van der Waals surface area contributed by atoms with Gasteiger partial charge in [-0.25, -0.2) is 4.79 Å². The molecule has 0 radical (unpaired) electrons. The van der Waals surface area contributed by atoms with E-state index in [-0.39, 0.29) is 5.69 Å². The summed E-state index contributed by atoms with van der Waals surface area (Å²) in [6, 6.07) is 10.0. The summed E-state index contributed by atoms with van der Waals surface area (Å²) in [6.45, 7) is 0.536. The number of aromatic amines is 1. The molecule has 0 saturated heterocycles. The number of nitrogens with zero attached hydrogens (tertiary/aromatic N) is 1. The molecule has 0 aliphatic rings. The van der Waals surface area contributed by atoms with Gasteiger partial charge >= 0.3 is 5.69 Å². The SMILES string of the molecule is Nc1cn(CCCc2ccccc2)c(=O)[nH]c1=O. The van der Waals surface area contributed by atoms with Crippen LogP contribution in [0.1, 0.15) is 12.0 Å². The smallest absolute Gasteiger partial charge is 0.328 e. The second-order valence-electron chi connectivity index (χ2n) is 4.13. The van der Waals surface area contributed by atoms with Gasteiger partial charge in [0.1, 0.15) is 5.69 Å². The van der Waals surface area contributed by atoms with Crippen molar-refractivity contribution in [1.29, 1.82) is 0 Å². The first-order chi connectivity index (χ1) is 8.66. The van der Waals surface area contributed by atoms with Crippen molar-refractivity contribution in [1.82, 2.24) is 9.55 Å². The molecule has 0 fully saturated rings. The number of nitrogens with one attached hydrogen (secondary N) is 1. The fourth-order valence-electron chi connectivity index (χ4n) is 1.79. The molecule has 1 aromatic heterocycles. The minimum Gasteiger partial charge on any atom is -0.393 e. The van der Waals surface area contributed by atoms with Gasteiger partial charge in [-0.3, -0.25) is 14.3 Å². The second-order valence-corrected chi connectivity index (χ2v) is 4.13. The fourth-order valence-corrected chi connectivity index (χ4v) is 1.79. The van der Waals surface area contributed by atoms with E-state index in [1.165, 1.54) is 16.3 Å². The van der Waals surface area contributed by atoms with E-state index in [1.807, 2.05) is 30.3 Å². The van der Waals surface area contributed by atoms with Gasteiger partial charge in [-0.05, 0) is 18.4 Å². The van der Waals surface area contributed by atoms with Gasteiger partial charge in [-0.15, -0.1) is 0 Å². The Labute approximate surface area is 104 Å². The predicted octanol–water partition coefficient (Wildman–Crippen LogP) is 0.752. The molecule has 2 aromatic rings. The van der Waals surface area contributed by atoms with Gasteiger partial charge in [0.25, 0.3) is 5.56 Å². The number of nitrogen functional groups attached to an aromatic ring is 1. The van der Waals surface area contributed by atoms with Crippen LogP contribution in [0.5, 0.6) is 0 Å². The van der Waals surface area contributed by atoms with E-state index in [0.717, 1.165) is 12.8 Å². The Morgan fingerprint density at radius 3 is 2.61 bits per heavy atom. The molecule has 18 heavy (non-hydrogen) atoms. The number of rotatable bonds is 4. The minimum absolute atomic E-state index is 0.0642. The number of nitrogens with two attached hydrogens (primary N) is 1. The van der Waals surface area contributed by atoms with E-state index in [1.54, 1.807) is 0 Å². The molecule has 0 saturated carbocycles. The van der Waals surface area contributed by atoms with Crippen molar-refractivity contribution in [2.45, 2.75) is 19.4 Å². The molecule has 0 unspecified atom stereocenters. The van der Waals surface area contributed by atoms with E-state index < -0.39 is 11.2 Å². The van der Waals surface area contributed by atoms with Crippen LogP contribution in [-0.2, 0) is 13.0 Å². The van der Waals surface area contributed by atoms with Crippen LogP contribution in [0.2, 0.25) is 0 Å². The van der Waals surface area contributed by atoms with Crippen molar-refractivity contribution < 1.29 is 0 Å². The zero-order valence-corrected chi connectivity index (χ0v) is 9.93. The number of H-pyrrole nitrogens is 1. The number of aromatic nitrogens is 2. The highest BCUT2D eigenvalue weighted by Crippen LogP contribution is 2.03. The summed E-state index contributed by atoms with van der Waals surface area (Å²) in [5.41, 5.74) is 5.82. The van der Waals surface area contributed by atoms with Gasteiger partial charge in [0.05, 0.1) is 0 Å². The fraction of sp³-hybridized carbons (Fsp3) is 0.231. The van der Waals surface area contributed by atoms with Crippen molar-refractivity contribution in [3.63, 3.8) is 0 Å². The number of hydrogen-bond donors (Lipinski definition) is 2. The molecule has 2 rings (SSSR count). The molecule has 0 spiro atoms. The first kappa shape index (κ1) is 12.2. The molecule has 1 aromatic carbocycles. The summed E-state index contributed by atoms with van der Waals surface area (Å²) in [5.74, 6) is 0. The highest BCUT2D eigenvalue weighted by molar-refractivity contribution is 5.30. The Hall–Kier alpha value is -2.30. The van der Waals surface area contributed by atoms with E-state index in [4.69, 9.17) is 5.73 Å². The molecular weight excluding hydrogens is 230 g/mol. The van der Waals surface area contributed by atoms with Crippen LogP contribution >= 0.6 is 0 Å². The number of benzene rings is 1. The lowest BCUT2D eigenvalue weighted by molar-refractivity contribution is 0.606. The molecular formula is C13H15N3O2. The lowest BCUT2D eigenvalue weighted by Crippen LogP contribution is -2.31. The molecule has 5 heteroatoms. The zero-order valence-electron chi connectivity index (χ0n) is 9.93. The largest absolute Gasteiger partial charge is 0.393 e. The Morgan fingerprint density at radius 1 is 1.17 bits per heavy atom. The van der Waals surface area contributed by atoms with Crippen molar-refractivity contribution in [3.8, 4) is 0 Å². The van der Waals surface area contributed by atoms with E-state index in [9.17, 15) is 9.59 Å². The van der Waals surface area contributed by atoms with Crippen molar-refractivity contribution in [3.05, 3.63) is 62.9 Å². The Kier molecular flexibility index (Phi) is 3.62. The summed E-state index contributed by atoms with van der Waals surface area (Å²) in [4.78, 5) is 24.8. The van der Waals surface area contributed by atoms with Crippen molar-refractivity contribution in [2.24, 2.45) is 0 Å². The molecule has 94 valence electrons. The van der Waals surface area contributed by atoms with Gasteiger partial charge in [-0.2, -0.15) is 0 Å². The van der Waals surface area contributed by atoms with E-state index in [0.29, 0.717) is 6.54 Å². The van der Waals surface area contributed by atoms with Gasteiger partial charge in [-0.1, -0.05) is 30.3 Å². The van der Waals surface area contributed by atoms with Crippen LogP contribution in [0, 0.1) is 0 Å². The van der Waals surface area contributed by atoms with Crippen LogP contribution in [-0.4, -0.2) is 9.55 Å². The molecule has 0 bridgehead atoms. The summed E-state index contributed by atoms with van der Waals surface area (Å²) in [7, 11) is 0. The summed E-state index contributed by atoms with van der Waals surface area (Å²) < 4.78 is 1.43. The van der Waals surface area contributed by atoms with Crippen molar-refractivity contribution >= 4 is 5.69 Å². The maximum Gasteiger partial charge on any atom is 0.328 e. The van der Waals surface area contributed by atoms with Gasteiger partial charge in [0, 0.05) is 12.7 Å². The molecule has 5 nitrogen and oxygen atoms in total. The highest BCUT2D eigenvalue weighted by atomic mass is 16.2. The number of aryl methyl sites for hydroxylation is 2. The maximum atomic E-state index is 11.5. The molecule has 0 amide bonds. The predicted molar refractivity (Wildman–Crippen MR) is 70.5 cm³/mol. The Bertz CT molecular complexity index is 629. The van der Waals surface area contributed by atoms with Gasteiger partial charge in [0.15, 0.2) is 0 Å². The molecule has 0 aliphatic heterocycles. The van der Waals surface area contributed by atoms with Crippen LogP contribution in [0.25, 0.3) is 0 Å². The molecule has 0 atom stereocenters. The second kappa shape index (κ2) is 5.35. The monoisotopic (exact) mass is 245 g/mol. The first-order valence-corrected chi connectivity index (χ1v) is 5.80. The summed E-state index contributed by atoms with van der Waals surface area (Å²) >= 11 is 0. The third kappa shape index (κ3) is 2.88.